The lowest BCUT2D eigenvalue weighted by Crippen LogP contribution is -2.40. The molecule has 3 aromatic heterocycles. The summed E-state index contributed by atoms with van der Waals surface area (Å²) in [7, 11) is 0. The zero-order chi connectivity index (χ0) is 21.4. The Balaban J connectivity index is 1.36. The highest BCUT2D eigenvalue weighted by atomic mass is 32.1. The molecule has 1 atom stereocenters. The molecule has 4 aromatic rings. The fourth-order valence-electron chi connectivity index (χ4n) is 4.09. The number of likely N-dealkylation sites (tertiary alicyclic amines) is 1. The van der Waals surface area contributed by atoms with Gasteiger partial charge in [-0.3, -0.25) is 9.59 Å². The van der Waals surface area contributed by atoms with Crippen molar-refractivity contribution in [3.63, 3.8) is 0 Å². The van der Waals surface area contributed by atoms with Gasteiger partial charge in [0.2, 0.25) is 5.91 Å². The number of aromatic nitrogens is 5. The highest BCUT2D eigenvalue weighted by Crippen LogP contribution is 2.35. The number of aryl methyl sites for hydroxylation is 1. The summed E-state index contributed by atoms with van der Waals surface area (Å²) in [5.41, 5.74) is 1.98. The van der Waals surface area contributed by atoms with Gasteiger partial charge in [-0.15, -0.1) is 5.10 Å². The molecular weight excluding hydrogens is 416 g/mol. The van der Waals surface area contributed by atoms with Gasteiger partial charge in [-0.05, 0) is 37.4 Å². The maximum absolute atomic E-state index is 13.1. The van der Waals surface area contributed by atoms with Crippen LogP contribution in [0.5, 0.6) is 0 Å². The average Bonchev–Trinajstić information content (AvgIpc) is 3.45. The molecule has 1 N–H and O–H groups in total. The third-order valence-corrected chi connectivity index (χ3v) is 6.38. The summed E-state index contributed by atoms with van der Waals surface area (Å²) in [5.74, 6) is 0.724. The molecule has 1 amide bonds. The zero-order valence-corrected chi connectivity index (χ0v) is 17.7. The average molecular weight is 436 g/mol. The van der Waals surface area contributed by atoms with Gasteiger partial charge in [-0.25, -0.2) is 5.10 Å². The van der Waals surface area contributed by atoms with Crippen LogP contribution in [0.4, 0.5) is 0 Å². The van der Waals surface area contributed by atoms with Crippen LogP contribution in [0, 0.1) is 6.92 Å². The molecule has 0 bridgehead atoms. The SMILES string of the molecule is Cc1cc(-c2snnc2[C@H]2CCCN(C(=O)Cc3n[nH]c(=O)c4ccccc34)C2)on1. The standard InChI is InChI=1S/C21H20N6O3S/c1-12-9-17(30-25-12)20-19(23-26-31-20)13-5-4-8-27(11-13)18(28)10-16-14-6-2-3-7-15(14)21(29)24-22-16/h2-3,6-7,9,13H,4-5,8,10-11H2,1H3,(H,24,29)/t13-/m0/s1. The number of piperidine rings is 1. The van der Waals surface area contributed by atoms with Crippen LogP contribution in [-0.2, 0) is 11.2 Å². The fraction of sp³-hybridized carbons (Fsp3) is 0.333. The first kappa shape index (κ1) is 19.6. The van der Waals surface area contributed by atoms with Gasteiger partial charge in [-0.2, -0.15) is 5.10 Å². The van der Waals surface area contributed by atoms with Crippen LogP contribution < -0.4 is 5.56 Å². The Bertz CT molecular complexity index is 1310. The van der Waals surface area contributed by atoms with Crippen LogP contribution in [0.1, 0.15) is 35.8 Å². The Morgan fingerprint density at radius 2 is 2.16 bits per heavy atom. The number of carbonyl (C=O) groups is 1. The molecule has 0 radical (unpaired) electrons. The van der Waals surface area contributed by atoms with Crippen molar-refractivity contribution < 1.29 is 9.32 Å². The van der Waals surface area contributed by atoms with Crippen molar-refractivity contribution in [3.8, 4) is 10.6 Å². The summed E-state index contributed by atoms with van der Waals surface area (Å²) in [6.07, 6.45) is 1.94. The Morgan fingerprint density at radius 1 is 1.32 bits per heavy atom. The number of amides is 1. The van der Waals surface area contributed by atoms with E-state index in [2.05, 4.69) is 24.9 Å². The molecule has 0 unspecified atom stereocenters. The molecule has 10 heteroatoms. The number of carbonyl (C=O) groups excluding carboxylic acids is 1. The van der Waals surface area contributed by atoms with E-state index in [4.69, 9.17) is 4.52 Å². The van der Waals surface area contributed by atoms with Crippen molar-refractivity contribution in [1.29, 1.82) is 0 Å². The van der Waals surface area contributed by atoms with Crippen LogP contribution in [0.25, 0.3) is 21.4 Å². The van der Waals surface area contributed by atoms with Crippen LogP contribution >= 0.6 is 11.5 Å². The van der Waals surface area contributed by atoms with Crippen LogP contribution in [0.15, 0.2) is 39.6 Å². The van der Waals surface area contributed by atoms with Crippen LogP contribution in [0.2, 0.25) is 0 Å². The number of H-pyrrole nitrogens is 1. The van der Waals surface area contributed by atoms with E-state index in [0.29, 0.717) is 35.3 Å². The van der Waals surface area contributed by atoms with Crippen LogP contribution in [-0.4, -0.2) is 48.8 Å². The van der Waals surface area contributed by atoms with Gasteiger partial charge in [0.15, 0.2) is 5.76 Å². The Kier molecular flexibility index (Phi) is 5.06. The van der Waals surface area contributed by atoms with Crippen molar-refractivity contribution in [1.82, 2.24) is 29.8 Å². The summed E-state index contributed by atoms with van der Waals surface area (Å²) < 4.78 is 9.53. The molecule has 4 heterocycles. The fourth-order valence-corrected chi connectivity index (χ4v) is 4.79. The summed E-state index contributed by atoms with van der Waals surface area (Å²) in [6, 6.07) is 9.08. The number of hydrogen-bond acceptors (Lipinski definition) is 8. The molecular formula is C21H20N6O3S. The molecule has 0 aliphatic carbocycles. The van der Waals surface area contributed by atoms with Gasteiger partial charge in [0.05, 0.1) is 28.9 Å². The highest BCUT2D eigenvalue weighted by Gasteiger charge is 2.30. The largest absolute Gasteiger partial charge is 0.355 e. The van der Waals surface area contributed by atoms with Crippen molar-refractivity contribution in [2.45, 2.75) is 32.1 Å². The summed E-state index contributed by atoms with van der Waals surface area (Å²) in [5, 5.41) is 16.2. The van der Waals surface area contributed by atoms with E-state index < -0.39 is 0 Å². The van der Waals surface area contributed by atoms with Crippen molar-refractivity contribution in [2.24, 2.45) is 0 Å². The zero-order valence-electron chi connectivity index (χ0n) is 16.9. The van der Waals surface area contributed by atoms with E-state index in [1.807, 2.05) is 30.0 Å². The maximum Gasteiger partial charge on any atom is 0.272 e. The minimum atomic E-state index is -0.254. The second-order valence-electron chi connectivity index (χ2n) is 7.72. The smallest absolute Gasteiger partial charge is 0.272 e. The lowest BCUT2D eigenvalue weighted by Gasteiger charge is -2.32. The summed E-state index contributed by atoms with van der Waals surface area (Å²) >= 11 is 1.28. The molecule has 1 saturated heterocycles. The number of fused-ring (bicyclic) bond motifs is 1. The molecule has 1 aliphatic heterocycles. The molecule has 9 nitrogen and oxygen atoms in total. The predicted octanol–water partition coefficient (Wildman–Crippen LogP) is 2.69. The molecule has 31 heavy (non-hydrogen) atoms. The minimum Gasteiger partial charge on any atom is -0.355 e. The molecule has 1 aliphatic rings. The summed E-state index contributed by atoms with van der Waals surface area (Å²) in [6.45, 7) is 3.12. The Labute approximate surface area is 181 Å². The number of nitrogens with one attached hydrogen (secondary N) is 1. The van der Waals surface area contributed by atoms with Crippen LogP contribution in [0.3, 0.4) is 0 Å². The van der Waals surface area contributed by atoms with Crippen molar-refractivity contribution >= 4 is 28.2 Å². The number of hydrogen-bond donors (Lipinski definition) is 1. The molecule has 158 valence electrons. The third-order valence-electron chi connectivity index (χ3n) is 5.62. The summed E-state index contributed by atoms with van der Waals surface area (Å²) in [4.78, 5) is 27.8. The molecule has 1 aromatic carbocycles. The first-order valence-electron chi connectivity index (χ1n) is 10.1. The first-order valence-corrected chi connectivity index (χ1v) is 10.9. The Hall–Kier alpha value is -3.40. The number of nitrogens with zero attached hydrogens (tertiary/aromatic N) is 5. The van der Waals surface area contributed by atoms with Gasteiger partial charge in [-0.1, -0.05) is 27.8 Å². The van der Waals surface area contributed by atoms with E-state index in [0.717, 1.165) is 29.1 Å². The topological polar surface area (TPSA) is 118 Å². The van der Waals surface area contributed by atoms with Gasteiger partial charge in [0.1, 0.15) is 4.88 Å². The van der Waals surface area contributed by atoms with Crippen molar-refractivity contribution in [2.75, 3.05) is 13.1 Å². The van der Waals surface area contributed by atoms with E-state index in [1.54, 1.807) is 12.1 Å². The predicted molar refractivity (Wildman–Crippen MR) is 115 cm³/mol. The third kappa shape index (κ3) is 3.74. The van der Waals surface area contributed by atoms with E-state index >= 15 is 0 Å². The lowest BCUT2D eigenvalue weighted by molar-refractivity contribution is -0.131. The van der Waals surface area contributed by atoms with Crippen molar-refractivity contribution in [3.05, 3.63) is 57.8 Å². The van der Waals surface area contributed by atoms with E-state index in [-0.39, 0.29) is 23.8 Å². The monoisotopic (exact) mass is 436 g/mol. The molecule has 0 spiro atoms. The molecule has 1 fully saturated rings. The maximum atomic E-state index is 13.1. The molecule has 5 rings (SSSR count). The lowest BCUT2D eigenvalue weighted by atomic mass is 9.93. The minimum absolute atomic E-state index is 0.0188. The number of aromatic amines is 1. The normalized spacial score (nSPS) is 16.7. The van der Waals surface area contributed by atoms with E-state index in [1.165, 1.54) is 11.5 Å². The van der Waals surface area contributed by atoms with Gasteiger partial charge in [0, 0.05) is 30.5 Å². The quantitative estimate of drug-likeness (QED) is 0.522. The Morgan fingerprint density at radius 3 is 2.97 bits per heavy atom. The number of rotatable bonds is 4. The van der Waals surface area contributed by atoms with Gasteiger partial charge < -0.3 is 9.42 Å². The highest BCUT2D eigenvalue weighted by molar-refractivity contribution is 7.09. The second kappa shape index (κ2) is 8.03. The number of benzene rings is 1. The van der Waals surface area contributed by atoms with Gasteiger partial charge in [0.25, 0.3) is 5.56 Å². The first-order chi connectivity index (χ1) is 15.1. The second-order valence-corrected chi connectivity index (χ2v) is 8.47. The van der Waals surface area contributed by atoms with Gasteiger partial charge >= 0.3 is 0 Å². The van der Waals surface area contributed by atoms with E-state index in [9.17, 15) is 9.59 Å². The molecule has 0 saturated carbocycles.